The average molecular weight is 323 g/mol. The molecule has 1 fully saturated rings. The molecule has 0 N–H and O–H groups in total. The Morgan fingerprint density at radius 2 is 2.00 bits per heavy atom. The third kappa shape index (κ3) is 2.60. The zero-order valence-electron chi connectivity index (χ0n) is 13.3. The van der Waals surface area contributed by atoms with E-state index < -0.39 is 0 Å². The van der Waals surface area contributed by atoms with E-state index in [0.717, 1.165) is 29.9 Å². The van der Waals surface area contributed by atoms with E-state index in [0.29, 0.717) is 18.0 Å². The molecule has 0 saturated carbocycles. The van der Waals surface area contributed by atoms with Crippen LogP contribution in [-0.4, -0.2) is 27.7 Å². The van der Waals surface area contributed by atoms with Crippen molar-refractivity contribution in [1.29, 1.82) is 0 Å². The first-order valence-corrected chi connectivity index (χ1v) is 7.99. The maximum atomic E-state index is 12.8. The van der Waals surface area contributed by atoms with Crippen LogP contribution >= 0.6 is 0 Å². The molecule has 122 valence electrons. The van der Waals surface area contributed by atoms with Gasteiger partial charge in [-0.15, -0.1) is 0 Å². The van der Waals surface area contributed by atoms with Crippen LogP contribution in [0.25, 0.3) is 11.3 Å². The highest BCUT2D eigenvalue weighted by Gasteiger charge is 2.34. The first-order chi connectivity index (χ1) is 11.7. The lowest BCUT2D eigenvalue weighted by Gasteiger charge is -2.21. The number of amides is 1. The van der Waals surface area contributed by atoms with Crippen molar-refractivity contribution in [3.05, 3.63) is 59.6 Å². The summed E-state index contributed by atoms with van der Waals surface area (Å²) in [4.78, 5) is 14.6. The lowest BCUT2D eigenvalue weighted by molar-refractivity contribution is 0.0704. The van der Waals surface area contributed by atoms with E-state index in [1.54, 1.807) is 11.0 Å². The fourth-order valence-electron chi connectivity index (χ4n) is 3.11. The monoisotopic (exact) mass is 323 g/mol. The summed E-state index contributed by atoms with van der Waals surface area (Å²) in [7, 11) is 0. The highest BCUT2D eigenvalue weighted by molar-refractivity contribution is 5.93. The van der Waals surface area contributed by atoms with Gasteiger partial charge in [-0.3, -0.25) is 4.79 Å². The van der Waals surface area contributed by atoms with Gasteiger partial charge in [0.25, 0.3) is 5.91 Å². The zero-order chi connectivity index (χ0) is 16.5. The van der Waals surface area contributed by atoms with Gasteiger partial charge in [0, 0.05) is 24.2 Å². The summed E-state index contributed by atoms with van der Waals surface area (Å²) in [6, 6.07) is 13.1. The summed E-state index contributed by atoms with van der Waals surface area (Å²) in [5.41, 5.74) is 2.03. The smallest absolute Gasteiger partial charge is 0.276 e. The van der Waals surface area contributed by atoms with Crippen LogP contribution in [0.4, 0.5) is 0 Å². The quantitative estimate of drug-likeness (QED) is 0.736. The number of hydrogen-bond donors (Lipinski definition) is 0. The summed E-state index contributed by atoms with van der Waals surface area (Å²) in [5, 5.41) is 7.88. The fraction of sp³-hybridized carbons (Fsp3) is 0.278. The Morgan fingerprint density at radius 3 is 2.75 bits per heavy atom. The molecule has 0 unspecified atom stereocenters. The molecule has 4 rings (SSSR count). The Bertz CT molecular complexity index is 853. The molecule has 1 aliphatic rings. The molecule has 6 heteroatoms. The Hall–Kier alpha value is -2.89. The zero-order valence-corrected chi connectivity index (χ0v) is 13.3. The molecule has 1 aliphatic heterocycles. The van der Waals surface area contributed by atoms with E-state index in [1.807, 2.05) is 43.3 Å². The summed E-state index contributed by atoms with van der Waals surface area (Å²) in [6.45, 7) is 2.55. The van der Waals surface area contributed by atoms with Gasteiger partial charge in [-0.1, -0.05) is 40.6 Å². The number of aromatic nitrogens is 2. The number of benzene rings is 1. The minimum Gasteiger partial charge on any atom is -0.359 e. The number of carbonyl (C=O) groups excluding carboxylic acids is 1. The summed E-state index contributed by atoms with van der Waals surface area (Å²) < 4.78 is 10.7. The van der Waals surface area contributed by atoms with Crippen molar-refractivity contribution < 1.29 is 13.8 Å². The lowest BCUT2D eigenvalue weighted by atomic mass is 10.1. The van der Waals surface area contributed by atoms with Crippen LogP contribution in [0.1, 0.15) is 40.8 Å². The number of rotatable bonds is 3. The maximum absolute atomic E-state index is 12.8. The van der Waals surface area contributed by atoms with Gasteiger partial charge in [0.15, 0.2) is 17.2 Å². The number of aryl methyl sites for hydroxylation is 1. The van der Waals surface area contributed by atoms with Gasteiger partial charge < -0.3 is 13.9 Å². The molecule has 0 radical (unpaired) electrons. The highest BCUT2D eigenvalue weighted by atomic mass is 16.5. The standard InChI is InChI=1S/C18H17N3O3/c1-12-10-17(24-19-12)15-8-5-9-21(15)18(22)14-11-16(23-20-14)13-6-3-2-4-7-13/h2-4,6-7,10-11,15H,5,8-9H2,1H3/t15-/m0/s1. The van der Waals surface area contributed by atoms with Crippen molar-refractivity contribution in [2.75, 3.05) is 6.54 Å². The molecule has 3 aromatic rings. The normalized spacial score (nSPS) is 17.4. The maximum Gasteiger partial charge on any atom is 0.276 e. The molecule has 0 aliphatic carbocycles. The topological polar surface area (TPSA) is 72.4 Å². The molecule has 0 bridgehead atoms. The molecular formula is C18H17N3O3. The predicted molar refractivity (Wildman–Crippen MR) is 86.2 cm³/mol. The van der Waals surface area contributed by atoms with Gasteiger partial charge in [0.2, 0.25) is 0 Å². The predicted octanol–water partition coefficient (Wildman–Crippen LogP) is 3.62. The third-order valence-electron chi connectivity index (χ3n) is 4.28. The van der Waals surface area contributed by atoms with Crippen molar-refractivity contribution in [3.8, 4) is 11.3 Å². The molecule has 3 heterocycles. The van der Waals surface area contributed by atoms with Gasteiger partial charge in [-0.25, -0.2) is 0 Å². The minimum atomic E-state index is -0.141. The van der Waals surface area contributed by atoms with Crippen molar-refractivity contribution >= 4 is 5.91 Å². The van der Waals surface area contributed by atoms with Crippen LogP contribution < -0.4 is 0 Å². The molecular weight excluding hydrogens is 306 g/mol. The number of hydrogen-bond acceptors (Lipinski definition) is 5. The second-order valence-electron chi connectivity index (χ2n) is 5.97. The lowest BCUT2D eigenvalue weighted by Crippen LogP contribution is -2.30. The first-order valence-electron chi connectivity index (χ1n) is 7.99. The molecule has 1 aromatic carbocycles. The minimum absolute atomic E-state index is 0.0874. The van der Waals surface area contributed by atoms with Crippen LogP contribution in [-0.2, 0) is 0 Å². The second kappa shape index (κ2) is 5.96. The molecule has 6 nitrogen and oxygen atoms in total. The van der Waals surface area contributed by atoms with E-state index >= 15 is 0 Å². The molecule has 2 aromatic heterocycles. The highest BCUT2D eigenvalue weighted by Crippen LogP contribution is 2.33. The van der Waals surface area contributed by atoms with Gasteiger partial charge in [0.05, 0.1) is 11.7 Å². The second-order valence-corrected chi connectivity index (χ2v) is 5.97. The van der Waals surface area contributed by atoms with E-state index in [9.17, 15) is 4.79 Å². The van der Waals surface area contributed by atoms with Crippen LogP contribution in [0, 0.1) is 6.92 Å². The molecule has 0 spiro atoms. The van der Waals surface area contributed by atoms with Gasteiger partial charge in [0.1, 0.15) is 0 Å². The van der Waals surface area contributed by atoms with E-state index in [1.165, 1.54) is 0 Å². The van der Waals surface area contributed by atoms with Gasteiger partial charge in [-0.2, -0.15) is 0 Å². The van der Waals surface area contributed by atoms with Crippen LogP contribution in [0.3, 0.4) is 0 Å². The summed E-state index contributed by atoms with van der Waals surface area (Å²) in [5.74, 6) is 1.17. The van der Waals surface area contributed by atoms with E-state index in [-0.39, 0.29) is 11.9 Å². The number of nitrogens with zero attached hydrogens (tertiary/aromatic N) is 3. The van der Waals surface area contributed by atoms with Gasteiger partial charge >= 0.3 is 0 Å². The van der Waals surface area contributed by atoms with Gasteiger partial charge in [-0.05, 0) is 19.8 Å². The average Bonchev–Trinajstić information content (AvgIpc) is 3.35. The Kier molecular flexibility index (Phi) is 3.65. The Morgan fingerprint density at radius 1 is 1.17 bits per heavy atom. The molecule has 1 saturated heterocycles. The van der Waals surface area contributed by atoms with Crippen molar-refractivity contribution in [2.45, 2.75) is 25.8 Å². The number of carbonyl (C=O) groups is 1. The Labute approximate surface area is 139 Å². The van der Waals surface area contributed by atoms with Crippen LogP contribution in [0.2, 0.25) is 0 Å². The molecule has 1 atom stereocenters. The fourth-order valence-corrected chi connectivity index (χ4v) is 3.11. The van der Waals surface area contributed by atoms with Crippen molar-refractivity contribution in [1.82, 2.24) is 15.2 Å². The summed E-state index contributed by atoms with van der Waals surface area (Å²) in [6.07, 6.45) is 1.79. The van der Waals surface area contributed by atoms with Crippen molar-refractivity contribution in [2.24, 2.45) is 0 Å². The van der Waals surface area contributed by atoms with Crippen LogP contribution in [0.5, 0.6) is 0 Å². The largest absolute Gasteiger partial charge is 0.359 e. The van der Waals surface area contributed by atoms with Crippen LogP contribution in [0.15, 0.2) is 51.5 Å². The summed E-state index contributed by atoms with van der Waals surface area (Å²) >= 11 is 0. The molecule has 1 amide bonds. The van der Waals surface area contributed by atoms with Crippen molar-refractivity contribution in [3.63, 3.8) is 0 Å². The third-order valence-corrected chi connectivity index (χ3v) is 4.28. The number of likely N-dealkylation sites (tertiary alicyclic amines) is 1. The first kappa shape index (κ1) is 14.7. The molecule has 24 heavy (non-hydrogen) atoms. The Balaban J connectivity index is 1.58. The van der Waals surface area contributed by atoms with E-state index in [4.69, 9.17) is 9.05 Å². The van der Waals surface area contributed by atoms with E-state index in [2.05, 4.69) is 10.3 Å². The SMILES string of the molecule is Cc1cc([C@@H]2CCCN2C(=O)c2cc(-c3ccccc3)on2)on1.